The van der Waals surface area contributed by atoms with Gasteiger partial charge in [-0.2, -0.15) is 21.6 Å². The Bertz CT molecular complexity index is 939. The van der Waals surface area contributed by atoms with Crippen molar-refractivity contribution in [2.24, 2.45) is 0 Å². The number of rotatable bonds is 4. The van der Waals surface area contributed by atoms with Crippen molar-refractivity contribution < 1.29 is 30.5 Å². The highest BCUT2D eigenvalue weighted by molar-refractivity contribution is 7.88. The number of halogens is 3. The molecule has 1 aromatic carbocycles. The first-order valence-electron chi connectivity index (χ1n) is 7.30. The number of aryl methyl sites for hydroxylation is 2. The molecule has 0 amide bonds. The van der Waals surface area contributed by atoms with Crippen molar-refractivity contribution in [2.45, 2.75) is 25.3 Å². The van der Waals surface area contributed by atoms with Gasteiger partial charge in [0.1, 0.15) is 0 Å². The lowest BCUT2D eigenvalue weighted by atomic mass is 9.82. The van der Waals surface area contributed by atoms with Crippen LogP contribution in [0.15, 0.2) is 24.4 Å². The Hall–Kier alpha value is -2.29. The van der Waals surface area contributed by atoms with Gasteiger partial charge in [0.15, 0.2) is 5.75 Å². The van der Waals surface area contributed by atoms with E-state index in [-0.39, 0.29) is 17.2 Å². The highest BCUT2D eigenvalue weighted by Crippen LogP contribution is 2.45. The summed E-state index contributed by atoms with van der Waals surface area (Å²) < 4.78 is 71.0. The van der Waals surface area contributed by atoms with E-state index < -0.39 is 15.6 Å². The van der Waals surface area contributed by atoms with Crippen molar-refractivity contribution in [1.29, 1.82) is 0 Å². The topological polar surface area (TPSA) is 65.5 Å². The average Bonchev–Trinajstić information content (AvgIpc) is 2.49. The van der Waals surface area contributed by atoms with Gasteiger partial charge in [0.2, 0.25) is 5.88 Å². The van der Waals surface area contributed by atoms with E-state index in [1.165, 1.54) is 19.4 Å². The quantitative estimate of drug-likeness (QED) is 0.607. The zero-order valence-corrected chi connectivity index (χ0v) is 14.2. The first-order valence-corrected chi connectivity index (χ1v) is 8.71. The molecule has 0 N–H and O–H groups in total. The third-order valence-electron chi connectivity index (χ3n) is 4.03. The van der Waals surface area contributed by atoms with Crippen LogP contribution in [0.5, 0.6) is 11.6 Å². The molecule has 0 spiro atoms. The van der Waals surface area contributed by atoms with Crippen LogP contribution in [0.3, 0.4) is 0 Å². The summed E-state index contributed by atoms with van der Waals surface area (Å²) in [6.07, 6.45) is 2.54. The molecule has 1 heterocycles. The molecule has 2 aromatic rings. The summed E-state index contributed by atoms with van der Waals surface area (Å²) in [5.74, 6) is -0.0176. The molecule has 1 aliphatic carbocycles. The predicted octanol–water partition coefficient (Wildman–Crippen LogP) is 3.39. The van der Waals surface area contributed by atoms with Crippen LogP contribution in [0, 0.1) is 6.92 Å². The number of methoxy groups -OCH3 is 1. The summed E-state index contributed by atoms with van der Waals surface area (Å²) in [5, 5.41) is 0. The Morgan fingerprint density at radius 1 is 1.20 bits per heavy atom. The van der Waals surface area contributed by atoms with Crippen molar-refractivity contribution in [1.82, 2.24) is 4.98 Å². The Morgan fingerprint density at radius 3 is 2.48 bits per heavy atom. The van der Waals surface area contributed by atoms with Gasteiger partial charge in [-0.05, 0) is 42.5 Å². The molecule has 134 valence electrons. The second-order valence-corrected chi connectivity index (χ2v) is 7.14. The van der Waals surface area contributed by atoms with Crippen LogP contribution in [0.1, 0.15) is 16.7 Å². The third kappa shape index (κ3) is 3.04. The van der Waals surface area contributed by atoms with Crippen molar-refractivity contribution >= 4 is 10.1 Å². The molecule has 3 rings (SSSR count). The molecule has 5 nitrogen and oxygen atoms in total. The number of nitrogens with zero attached hydrogens (tertiary/aromatic N) is 1. The number of alkyl halides is 3. The molecule has 0 aliphatic heterocycles. The molecule has 25 heavy (non-hydrogen) atoms. The van der Waals surface area contributed by atoms with Gasteiger partial charge >= 0.3 is 15.6 Å². The van der Waals surface area contributed by atoms with Gasteiger partial charge in [0, 0.05) is 23.4 Å². The number of hydrogen-bond acceptors (Lipinski definition) is 5. The molecule has 0 unspecified atom stereocenters. The van der Waals surface area contributed by atoms with Crippen LogP contribution in [0.2, 0.25) is 0 Å². The fourth-order valence-electron chi connectivity index (χ4n) is 2.76. The molecular weight excluding hydrogens is 359 g/mol. The Labute approximate surface area is 142 Å². The van der Waals surface area contributed by atoms with E-state index in [1.807, 2.05) is 6.07 Å². The van der Waals surface area contributed by atoms with Gasteiger partial charge in [-0.3, -0.25) is 0 Å². The van der Waals surface area contributed by atoms with Gasteiger partial charge in [-0.25, -0.2) is 4.98 Å². The summed E-state index contributed by atoms with van der Waals surface area (Å²) in [6, 6.07) is 4.90. The maximum atomic E-state index is 12.8. The first kappa shape index (κ1) is 17.5. The number of pyridine rings is 1. The standard InChI is InChI=1S/C16H14F3NO4S/c1-9-7-10-3-4-12(10)15(24-25(21,22)16(17,18)19)14(9)11-5-6-20-13(8-11)23-2/h5-8H,3-4H2,1-2H3. The van der Waals surface area contributed by atoms with E-state index in [4.69, 9.17) is 4.74 Å². The summed E-state index contributed by atoms with van der Waals surface area (Å²) >= 11 is 0. The van der Waals surface area contributed by atoms with E-state index in [0.717, 1.165) is 5.56 Å². The van der Waals surface area contributed by atoms with Crippen LogP contribution in [-0.4, -0.2) is 26.0 Å². The maximum absolute atomic E-state index is 12.8. The largest absolute Gasteiger partial charge is 0.534 e. The lowest BCUT2D eigenvalue weighted by Gasteiger charge is -2.26. The first-order chi connectivity index (χ1) is 11.6. The van der Waals surface area contributed by atoms with Crippen molar-refractivity contribution in [3.63, 3.8) is 0 Å². The molecule has 0 bridgehead atoms. The SMILES string of the molecule is COc1cc(-c2c(C)cc3c(c2OS(=O)(=O)C(F)(F)F)CC3)ccn1. The van der Waals surface area contributed by atoms with Crippen molar-refractivity contribution in [3.8, 4) is 22.8 Å². The van der Waals surface area contributed by atoms with E-state index in [1.54, 1.807) is 13.0 Å². The molecule has 9 heteroatoms. The van der Waals surface area contributed by atoms with Gasteiger partial charge in [-0.15, -0.1) is 0 Å². The molecule has 0 radical (unpaired) electrons. The summed E-state index contributed by atoms with van der Waals surface area (Å²) in [4.78, 5) is 3.95. The lowest BCUT2D eigenvalue weighted by molar-refractivity contribution is -0.0500. The Balaban J connectivity index is 2.21. The second kappa shape index (κ2) is 5.91. The van der Waals surface area contributed by atoms with Crippen LogP contribution < -0.4 is 8.92 Å². The zero-order valence-electron chi connectivity index (χ0n) is 13.3. The van der Waals surface area contributed by atoms with Gasteiger partial charge < -0.3 is 8.92 Å². The van der Waals surface area contributed by atoms with E-state index in [9.17, 15) is 21.6 Å². The fourth-order valence-corrected chi connectivity index (χ4v) is 3.26. The molecule has 0 saturated heterocycles. The van der Waals surface area contributed by atoms with Crippen molar-refractivity contribution in [3.05, 3.63) is 41.1 Å². The van der Waals surface area contributed by atoms with Gasteiger partial charge in [0.25, 0.3) is 0 Å². The predicted molar refractivity (Wildman–Crippen MR) is 84.0 cm³/mol. The van der Waals surface area contributed by atoms with E-state index in [0.29, 0.717) is 29.5 Å². The fraction of sp³-hybridized carbons (Fsp3) is 0.312. The zero-order chi connectivity index (χ0) is 18.4. The van der Waals surface area contributed by atoms with Crippen LogP contribution in [0.25, 0.3) is 11.1 Å². The number of fused-ring (bicyclic) bond motifs is 1. The number of aromatic nitrogens is 1. The minimum atomic E-state index is -5.77. The maximum Gasteiger partial charge on any atom is 0.534 e. The summed E-state index contributed by atoms with van der Waals surface area (Å²) in [6.45, 7) is 1.69. The third-order valence-corrected chi connectivity index (χ3v) is 4.98. The molecule has 0 fully saturated rings. The highest BCUT2D eigenvalue weighted by atomic mass is 32.2. The monoisotopic (exact) mass is 373 g/mol. The minimum Gasteiger partial charge on any atom is -0.481 e. The van der Waals surface area contributed by atoms with Gasteiger partial charge in [-0.1, -0.05) is 6.07 Å². The number of benzene rings is 1. The lowest BCUT2D eigenvalue weighted by Crippen LogP contribution is -2.29. The smallest absolute Gasteiger partial charge is 0.481 e. The van der Waals surface area contributed by atoms with Crippen LogP contribution >= 0.6 is 0 Å². The van der Waals surface area contributed by atoms with E-state index >= 15 is 0 Å². The molecule has 1 aliphatic rings. The van der Waals surface area contributed by atoms with Crippen LogP contribution in [0.4, 0.5) is 13.2 Å². The van der Waals surface area contributed by atoms with Gasteiger partial charge in [0.05, 0.1) is 7.11 Å². The number of ether oxygens (including phenoxy) is 1. The summed E-state index contributed by atoms with van der Waals surface area (Å²) in [5.41, 5.74) is -2.88. The highest BCUT2D eigenvalue weighted by Gasteiger charge is 2.49. The number of hydrogen-bond donors (Lipinski definition) is 0. The van der Waals surface area contributed by atoms with E-state index in [2.05, 4.69) is 9.17 Å². The summed E-state index contributed by atoms with van der Waals surface area (Å²) in [7, 11) is -4.36. The Morgan fingerprint density at radius 2 is 1.92 bits per heavy atom. The molecule has 1 aromatic heterocycles. The Kier molecular flexibility index (Phi) is 4.14. The van der Waals surface area contributed by atoms with Crippen LogP contribution in [-0.2, 0) is 23.0 Å². The minimum absolute atomic E-state index is 0.254. The normalized spacial score (nSPS) is 13.8. The molecule has 0 atom stereocenters. The molecular formula is C16H14F3NO4S. The van der Waals surface area contributed by atoms with Crippen molar-refractivity contribution in [2.75, 3.05) is 7.11 Å². The average molecular weight is 373 g/mol. The second-order valence-electron chi connectivity index (χ2n) is 5.61. The molecule has 0 saturated carbocycles.